The number of imidazole rings is 1. The fourth-order valence-corrected chi connectivity index (χ4v) is 4.20. The van der Waals surface area contributed by atoms with Crippen LogP contribution in [0.1, 0.15) is 0 Å². The maximum atomic E-state index is 5.34. The van der Waals surface area contributed by atoms with Crippen LogP contribution in [0.3, 0.4) is 0 Å². The van der Waals surface area contributed by atoms with E-state index in [4.69, 9.17) is 9.72 Å². The molecule has 0 aliphatic rings. The van der Waals surface area contributed by atoms with Crippen molar-refractivity contribution in [3.05, 3.63) is 85.2 Å². The highest BCUT2D eigenvalue weighted by Gasteiger charge is 2.19. The maximum absolute atomic E-state index is 5.34. The number of rotatable bonds is 4. The molecule has 0 aliphatic carbocycles. The number of nitrogens with one attached hydrogen (secondary N) is 3. The number of fused-ring (bicyclic) bond motifs is 2. The Bertz CT molecular complexity index is 1520. The van der Waals surface area contributed by atoms with Gasteiger partial charge in [0.15, 0.2) is 0 Å². The first kappa shape index (κ1) is 17.6. The molecule has 5 heteroatoms. The van der Waals surface area contributed by atoms with Crippen molar-refractivity contribution in [3.8, 4) is 39.7 Å². The molecule has 6 aromatic rings. The van der Waals surface area contributed by atoms with Crippen molar-refractivity contribution >= 4 is 21.8 Å². The summed E-state index contributed by atoms with van der Waals surface area (Å²) in [6.45, 7) is 0. The lowest BCUT2D eigenvalue weighted by Crippen LogP contribution is -1.85. The Kier molecular flexibility index (Phi) is 3.93. The molecule has 0 aliphatic heterocycles. The van der Waals surface area contributed by atoms with Crippen molar-refractivity contribution in [2.24, 2.45) is 0 Å². The highest BCUT2D eigenvalue weighted by molar-refractivity contribution is 6.00. The number of benzene rings is 3. The van der Waals surface area contributed by atoms with Crippen LogP contribution in [-0.2, 0) is 0 Å². The molecule has 31 heavy (non-hydrogen) atoms. The molecule has 0 unspecified atom stereocenters. The van der Waals surface area contributed by atoms with Crippen LogP contribution in [-0.4, -0.2) is 27.0 Å². The number of hydrogen-bond donors (Lipinski definition) is 3. The molecule has 0 amide bonds. The van der Waals surface area contributed by atoms with E-state index in [9.17, 15) is 0 Å². The molecule has 0 radical (unpaired) electrons. The molecule has 3 aromatic carbocycles. The Morgan fingerprint density at radius 3 is 2.00 bits per heavy atom. The molecule has 6 rings (SSSR count). The van der Waals surface area contributed by atoms with Gasteiger partial charge in [0.2, 0.25) is 0 Å². The largest absolute Gasteiger partial charge is 0.497 e. The number of para-hydroxylation sites is 2. The van der Waals surface area contributed by atoms with Crippen LogP contribution in [0.25, 0.3) is 55.7 Å². The molecule has 0 atom stereocenters. The second-order valence-corrected chi connectivity index (χ2v) is 7.53. The molecule has 0 bridgehead atoms. The zero-order valence-corrected chi connectivity index (χ0v) is 16.9. The number of hydrogen-bond acceptors (Lipinski definition) is 2. The van der Waals surface area contributed by atoms with Gasteiger partial charge >= 0.3 is 0 Å². The molecule has 3 N–H and O–H groups in total. The molecule has 0 spiro atoms. The summed E-state index contributed by atoms with van der Waals surface area (Å²) >= 11 is 0. The average Bonchev–Trinajstić information content (AvgIpc) is 3.55. The smallest absolute Gasteiger partial charge is 0.140 e. The number of ether oxygens (including phenoxy) is 1. The van der Waals surface area contributed by atoms with Crippen molar-refractivity contribution in [2.45, 2.75) is 0 Å². The van der Waals surface area contributed by atoms with Gasteiger partial charge in [0.1, 0.15) is 11.6 Å². The SMILES string of the molecule is COc1ccc(-c2nc(-c3c[nH]c4ccccc34)[nH]c2-c2c[nH]c3ccccc23)cc1. The second kappa shape index (κ2) is 6.92. The predicted molar refractivity (Wildman–Crippen MR) is 125 cm³/mol. The molecule has 0 saturated heterocycles. The van der Waals surface area contributed by atoms with Crippen molar-refractivity contribution in [1.82, 2.24) is 19.9 Å². The maximum Gasteiger partial charge on any atom is 0.140 e. The van der Waals surface area contributed by atoms with Gasteiger partial charge in [-0.25, -0.2) is 4.98 Å². The Morgan fingerprint density at radius 1 is 0.710 bits per heavy atom. The van der Waals surface area contributed by atoms with Gasteiger partial charge in [0.05, 0.1) is 18.5 Å². The molecule has 0 saturated carbocycles. The molecular formula is C26H20N4O. The molecule has 0 fully saturated rings. The third-order valence-corrected chi connectivity index (χ3v) is 5.77. The minimum Gasteiger partial charge on any atom is -0.497 e. The number of H-pyrrole nitrogens is 3. The Labute approximate surface area is 178 Å². The third kappa shape index (κ3) is 2.82. The molecule has 3 aromatic heterocycles. The van der Waals surface area contributed by atoms with E-state index in [1.165, 1.54) is 0 Å². The summed E-state index contributed by atoms with van der Waals surface area (Å²) in [4.78, 5) is 15.4. The van der Waals surface area contributed by atoms with Crippen LogP contribution in [0.15, 0.2) is 85.2 Å². The summed E-state index contributed by atoms with van der Waals surface area (Å²) in [6, 6.07) is 24.6. The van der Waals surface area contributed by atoms with E-state index in [0.717, 1.165) is 61.5 Å². The highest BCUT2D eigenvalue weighted by atomic mass is 16.5. The van der Waals surface area contributed by atoms with Crippen LogP contribution in [0.5, 0.6) is 5.75 Å². The molecule has 5 nitrogen and oxygen atoms in total. The quantitative estimate of drug-likeness (QED) is 0.319. The van der Waals surface area contributed by atoms with Crippen LogP contribution in [0.4, 0.5) is 0 Å². The second-order valence-electron chi connectivity index (χ2n) is 7.53. The Balaban J connectivity index is 1.59. The van der Waals surface area contributed by atoms with E-state index in [0.29, 0.717) is 0 Å². The summed E-state index contributed by atoms with van der Waals surface area (Å²) in [5.41, 5.74) is 7.27. The van der Waals surface area contributed by atoms with Crippen LogP contribution < -0.4 is 4.74 Å². The van der Waals surface area contributed by atoms with Gasteiger partial charge in [-0.1, -0.05) is 36.4 Å². The van der Waals surface area contributed by atoms with Gasteiger partial charge in [0.25, 0.3) is 0 Å². The summed E-state index contributed by atoms with van der Waals surface area (Å²) in [5.74, 6) is 1.66. The van der Waals surface area contributed by atoms with E-state index >= 15 is 0 Å². The lowest BCUT2D eigenvalue weighted by atomic mass is 10.0. The first-order valence-electron chi connectivity index (χ1n) is 10.2. The molecular weight excluding hydrogens is 384 g/mol. The fraction of sp³-hybridized carbons (Fsp3) is 0.0385. The molecule has 3 heterocycles. The number of aromatic nitrogens is 4. The lowest BCUT2D eigenvalue weighted by molar-refractivity contribution is 0.415. The Hall–Kier alpha value is -4.25. The Morgan fingerprint density at radius 2 is 1.32 bits per heavy atom. The first-order valence-corrected chi connectivity index (χ1v) is 10.2. The summed E-state index contributed by atoms with van der Waals surface area (Å²) in [7, 11) is 1.68. The number of nitrogens with zero attached hydrogens (tertiary/aromatic N) is 1. The van der Waals surface area contributed by atoms with Crippen LogP contribution in [0.2, 0.25) is 0 Å². The zero-order chi connectivity index (χ0) is 20.8. The summed E-state index contributed by atoms with van der Waals surface area (Å²) in [6.07, 6.45) is 4.06. The van der Waals surface area contributed by atoms with Crippen LogP contribution >= 0.6 is 0 Å². The third-order valence-electron chi connectivity index (χ3n) is 5.77. The highest BCUT2D eigenvalue weighted by Crippen LogP contribution is 2.38. The van der Waals surface area contributed by atoms with Crippen molar-refractivity contribution in [2.75, 3.05) is 7.11 Å². The number of aromatic amines is 3. The van der Waals surface area contributed by atoms with Gasteiger partial charge in [-0.3, -0.25) is 0 Å². The monoisotopic (exact) mass is 404 g/mol. The van der Waals surface area contributed by atoms with E-state index in [1.807, 2.05) is 54.9 Å². The van der Waals surface area contributed by atoms with Gasteiger partial charge in [0, 0.05) is 50.9 Å². The van der Waals surface area contributed by atoms with Crippen molar-refractivity contribution in [3.63, 3.8) is 0 Å². The number of methoxy groups -OCH3 is 1. The average molecular weight is 404 g/mol. The van der Waals surface area contributed by atoms with Gasteiger partial charge < -0.3 is 19.7 Å². The van der Waals surface area contributed by atoms with E-state index < -0.39 is 0 Å². The summed E-state index contributed by atoms with van der Waals surface area (Å²) in [5, 5.41) is 2.30. The zero-order valence-electron chi connectivity index (χ0n) is 16.9. The summed E-state index contributed by atoms with van der Waals surface area (Å²) < 4.78 is 5.34. The van der Waals surface area contributed by atoms with Crippen molar-refractivity contribution in [1.29, 1.82) is 0 Å². The fourth-order valence-electron chi connectivity index (χ4n) is 4.20. The topological polar surface area (TPSA) is 69.5 Å². The van der Waals surface area contributed by atoms with E-state index in [-0.39, 0.29) is 0 Å². The normalized spacial score (nSPS) is 11.4. The van der Waals surface area contributed by atoms with E-state index in [2.05, 4.69) is 45.3 Å². The van der Waals surface area contributed by atoms with Gasteiger partial charge in [-0.15, -0.1) is 0 Å². The van der Waals surface area contributed by atoms with Gasteiger partial charge in [-0.05, 0) is 36.4 Å². The van der Waals surface area contributed by atoms with Crippen molar-refractivity contribution < 1.29 is 4.74 Å². The lowest BCUT2D eigenvalue weighted by Gasteiger charge is -2.04. The predicted octanol–water partition coefficient (Wildman–Crippen LogP) is 6.38. The van der Waals surface area contributed by atoms with Gasteiger partial charge in [-0.2, -0.15) is 0 Å². The standard InChI is InChI=1S/C26H20N4O/c1-31-17-12-10-16(11-13-17)24-25(20-14-27-22-8-4-2-6-18(20)22)30-26(29-24)21-15-28-23-9-5-3-7-19(21)23/h2-15,27-28H,1H3,(H,29,30). The van der Waals surface area contributed by atoms with E-state index in [1.54, 1.807) is 7.11 Å². The van der Waals surface area contributed by atoms with Crippen LogP contribution in [0, 0.1) is 0 Å². The minimum atomic E-state index is 0.824. The first-order chi connectivity index (χ1) is 15.3. The molecule has 150 valence electrons. The minimum absolute atomic E-state index is 0.824.